The summed E-state index contributed by atoms with van der Waals surface area (Å²) >= 11 is 0. The third kappa shape index (κ3) is 2.85. The van der Waals surface area contributed by atoms with E-state index >= 15 is 0 Å². The lowest BCUT2D eigenvalue weighted by atomic mass is 9.91. The van der Waals surface area contributed by atoms with Crippen LogP contribution >= 0.6 is 0 Å². The predicted molar refractivity (Wildman–Crippen MR) is 75.0 cm³/mol. The monoisotopic (exact) mass is 248 g/mol. The molecule has 2 N–H and O–H groups in total. The van der Waals surface area contributed by atoms with Crippen LogP contribution in [0.2, 0.25) is 0 Å². The van der Waals surface area contributed by atoms with Crippen molar-refractivity contribution in [1.29, 1.82) is 0 Å². The Labute approximate surface area is 110 Å². The van der Waals surface area contributed by atoms with Gasteiger partial charge in [-0.3, -0.25) is 4.90 Å². The van der Waals surface area contributed by atoms with Crippen molar-refractivity contribution in [3.63, 3.8) is 0 Å². The SMILES string of the molecule is COc1ccc(CC(C)(CN)N2CCCC2)cc1. The van der Waals surface area contributed by atoms with Gasteiger partial charge in [-0.15, -0.1) is 0 Å². The minimum Gasteiger partial charge on any atom is -0.497 e. The summed E-state index contributed by atoms with van der Waals surface area (Å²) in [6.07, 6.45) is 3.61. The number of ether oxygens (including phenoxy) is 1. The van der Waals surface area contributed by atoms with Crippen molar-refractivity contribution in [3.05, 3.63) is 29.8 Å². The maximum absolute atomic E-state index is 6.02. The van der Waals surface area contributed by atoms with E-state index in [1.807, 2.05) is 12.1 Å². The summed E-state index contributed by atoms with van der Waals surface area (Å²) in [5.74, 6) is 0.911. The van der Waals surface area contributed by atoms with Gasteiger partial charge in [-0.1, -0.05) is 12.1 Å². The zero-order valence-corrected chi connectivity index (χ0v) is 11.5. The Morgan fingerprint density at radius 2 is 1.83 bits per heavy atom. The van der Waals surface area contributed by atoms with Crippen LogP contribution in [0.5, 0.6) is 5.75 Å². The molecule has 1 fully saturated rings. The zero-order chi connectivity index (χ0) is 13.0. The fourth-order valence-corrected chi connectivity index (χ4v) is 2.75. The van der Waals surface area contributed by atoms with Crippen LogP contribution < -0.4 is 10.5 Å². The molecule has 1 heterocycles. The molecule has 0 saturated carbocycles. The molecule has 1 aromatic rings. The molecule has 18 heavy (non-hydrogen) atoms. The smallest absolute Gasteiger partial charge is 0.118 e. The molecule has 0 aliphatic carbocycles. The van der Waals surface area contributed by atoms with Crippen molar-refractivity contribution in [2.24, 2.45) is 5.73 Å². The molecule has 0 amide bonds. The number of nitrogens with zero attached hydrogens (tertiary/aromatic N) is 1. The molecule has 1 unspecified atom stereocenters. The van der Waals surface area contributed by atoms with Crippen LogP contribution in [0, 0.1) is 0 Å². The van der Waals surface area contributed by atoms with E-state index in [0.29, 0.717) is 6.54 Å². The highest BCUT2D eigenvalue weighted by molar-refractivity contribution is 5.28. The van der Waals surface area contributed by atoms with Gasteiger partial charge in [0.2, 0.25) is 0 Å². The molecule has 3 heteroatoms. The van der Waals surface area contributed by atoms with Gasteiger partial charge in [0.1, 0.15) is 5.75 Å². The average Bonchev–Trinajstić information content (AvgIpc) is 2.94. The van der Waals surface area contributed by atoms with Crippen molar-refractivity contribution in [1.82, 2.24) is 4.90 Å². The number of hydrogen-bond donors (Lipinski definition) is 1. The number of nitrogens with two attached hydrogens (primary N) is 1. The Morgan fingerprint density at radius 3 is 2.33 bits per heavy atom. The lowest BCUT2D eigenvalue weighted by Gasteiger charge is -2.38. The number of benzene rings is 1. The van der Waals surface area contributed by atoms with Gasteiger partial charge in [0.25, 0.3) is 0 Å². The molecule has 100 valence electrons. The van der Waals surface area contributed by atoms with Crippen LogP contribution in [0.3, 0.4) is 0 Å². The number of hydrogen-bond acceptors (Lipinski definition) is 3. The zero-order valence-electron chi connectivity index (χ0n) is 11.5. The van der Waals surface area contributed by atoms with E-state index in [-0.39, 0.29) is 5.54 Å². The maximum Gasteiger partial charge on any atom is 0.118 e. The van der Waals surface area contributed by atoms with E-state index < -0.39 is 0 Å². The van der Waals surface area contributed by atoms with E-state index in [0.717, 1.165) is 12.2 Å². The summed E-state index contributed by atoms with van der Waals surface area (Å²) in [7, 11) is 1.70. The minimum atomic E-state index is 0.0884. The molecule has 1 saturated heterocycles. The third-order valence-corrected chi connectivity index (χ3v) is 4.05. The highest BCUT2D eigenvalue weighted by Gasteiger charge is 2.32. The summed E-state index contributed by atoms with van der Waals surface area (Å²) < 4.78 is 5.19. The fraction of sp³-hybridized carbons (Fsp3) is 0.600. The Kier molecular flexibility index (Phi) is 4.25. The van der Waals surface area contributed by atoms with Crippen molar-refractivity contribution < 1.29 is 4.74 Å². The second-order valence-corrected chi connectivity index (χ2v) is 5.42. The van der Waals surface area contributed by atoms with Gasteiger partial charge >= 0.3 is 0 Å². The average molecular weight is 248 g/mol. The van der Waals surface area contributed by atoms with Gasteiger partial charge < -0.3 is 10.5 Å². The van der Waals surface area contributed by atoms with Crippen molar-refractivity contribution in [2.75, 3.05) is 26.7 Å². The van der Waals surface area contributed by atoms with Crippen LogP contribution in [0.15, 0.2) is 24.3 Å². The lowest BCUT2D eigenvalue weighted by molar-refractivity contribution is 0.143. The van der Waals surface area contributed by atoms with Crippen molar-refractivity contribution >= 4 is 0 Å². The molecular formula is C15H24N2O. The maximum atomic E-state index is 6.02. The van der Waals surface area contributed by atoms with E-state index in [9.17, 15) is 0 Å². The first-order valence-electron chi connectivity index (χ1n) is 6.76. The normalized spacial score (nSPS) is 19.7. The highest BCUT2D eigenvalue weighted by Crippen LogP contribution is 2.25. The number of likely N-dealkylation sites (tertiary alicyclic amines) is 1. The summed E-state index contributed by atoms with van der Waals surface area (Å²) in [5.41, 5.74) is 7.44. The van der Waals surface area contributed by atoms with E-state index in [2.05, 4.69) is 24.0 Å². The Balaban J connectivity index is 2.08. The first-order chi connectivity index (χ1) is 8.68. The Bertz CT molecular complexity index is 371. The van der Waals surface area contributed by atoms with Crippen LogP contribution in [-0.4, -0.2) is 37.2 Å². The first kappa shape index (κ1) is 13.4. The van der Waals surface area contributed by atoms with Gasteiger partial charge in [-0.25, -0.2) is 0 Å². The third-order valence-electron chi connectivity index (χ3n) is 4.05. The molecule has 0 radical (unpaired) electrons. The van der Waals surface area contributed by atoms with Crippen molar-refractivity contribution in [3.8, 4) is 5.75 Å². The quantitative estimate of drug-likeness (QED) is 0.866. The second kappa shape index (κ2) is 5.72. The van der Waals surface area contributed by atoms with Crippen LogP contribution in [-0.2, 0) is 6.42 Å². The Hall–Kier alpha value is -1.06. The molecule has 2 rings (SSSR count). The topological polar surface area (TPSA) is 38.5 Å². The largest absolute Gasteiger partial charge is 0.497 e. The van der Waals surface area contributed by atoms with Gasteiger partial charge in [-0.2, -0.15) is 0 Å². The van der Waals surface area contributed by atoms with Crippen LogP contribution in [0.1, 0.15) is 25.3 Å². The number of rotatable bonds is 5. The summed E-state index contributed by atoms with van der Waals surface area (Å²) in [6, 6.07) is 8.33. The van der Waals surface area contributed by atoms with Crippen molar-refractivity contribution in [2.45, 2.75) is 31.7 Å². The molecule has 1 aliphatic heterocycles. The van der Waals surface area contributed by atoms with E-state index in [1.165, 1.54) is 31.5 Å². The van der Waals surface area contributed by atoms with E-state index in [1.54, 1.807) is 7.11 Å². The molecule has 1 atom stereocenters. The first-order valence-corrected chi connectivity index (χ1v) is 6.76. The molecular weight excluding hydrogens is 224 g/mol. The molecule has 1 aromatic carbocycles. The predicted octanol–water partition coefficient (Wildman–Crippen LogP) is 2.05. The van der Waals surface area contributed by atoms with E-state index in [4.69, 9.17) is 10.5 Å². The standard InChI is InChI=1S/C15H24N2O/c1-15(12-16,17-9-3-4-10-17)11-13-5-7-14(18-2)8-6-13/h5-8H,3-4,9-12,16H2,1-2H3. The van der Waals surface area contributed by atoms with Gasteiger partial charge in [0.15, 0.2) is 0 Å². The summed E-state index contributed by atoms with van der Waals surface area (Å²) in [5, 5.41) is 0. The molecule has 1 aliphatic rings. The molecule has 0 spiro atoms. The van der Waals surface area contributed by atoms with Gasteiger partial charge in [0, 0.05) is 12.1 Å². The number of methoxy groups -OCH3 is 1. The molecule has 0 bridgehead atoms. The van der Waals surface area contributed by atoms with Gasteiger partial charge in [-0.05, 0) is 57.0 Å². The summed E-state index contributed by atoms with van der Waals surface area (Å²) in [4.78, 5) is 2.54. The van der Waals surface area contributed by atoms with Crippen LogP contribution in [0.4, 0.5) is 0 Å². The molecule has 3 nitrogen and oxygen atoms in total. The molecule has 0 aromatic heterocycles. The fourth-order valence-electron chi connectivity index (χ4n) is 2.75. The minimum absolute atomic E-state index is 0.0884. The summed E-state index contributed by atoms with van der Waals surface area (Å²) in [6.45, 7) is 5.36. The Morgan fingerprint density at radius 1 is 1.22 bits per heavy atom. The van der Waals surface area contributed by atoms with Gasteiger partial charge in [0.05, 0.1) is 7.11 Å². The lowest BCUT2D eigenvalue weighted by Crippen LogP contribution is -2.51. The van der Waals surface area contributed by atoms with Crippen LogP contribution in [0.25, 0.3) is 0 Å². The highest BCUT2D eigenvalue weighted by atomic mass is 16.5. The second-order valence-electron chi connectivity index (χ2n) is 5.42.